The number of methoxy groups -OCH3 is 2. The van der Waals surface area contributed by atoms with Gasteiger partial charge in [-0.3, -0.25) is 4.79 Å². The van der Waals surface area contributed by atoms with E-state index in [0.29, 0.717) is 13.0 Å². The maximum absolute atomic E-state index is 11.3. The lowest BCUT2D eigenvalue weighted by Crippen LogP contribution is -2.14. The van der Waals surface area contributed by atoms with Gasteiger partial charge in [-0.2, -0.15) is 0 Å². The predicted octanol–water partition coefficient (Wildman–Crippen LogP) is 2.92. The summed E-state index contributed by atoms with van der Waals surface area (Å²) in [5.41, 5.74) is 0.208. The SMILES string of the molecule is COc1c(OS(=O)(=O)[O-])c(C)c(CCCCCCCCCCOC(C)=O)c(OS(=O)(=O)[O-])c1OC. The van der Waals surface area contributed by atoms with Crippen molar-refractivity contribution in [1.29, 1.82) is 0 Å². The van der Waals surface area contributed by atoms with Crippen molar-refractivity contribution >= 4 is 26.8 Å². The number of hydrogen-bond donors (Lipinski definition) is 0. The summed E-state index contributed by atoms with van der Waals surface area (Å²) in [6, 6.07) is 0. The molecular weight excluding hydrogens is 508 g/mol. The summed E-state index contributed by atoms with van der Waals surface area (Å²) in [5.74, 6) is -2.00. The van der Waals surface area contributed by atoms with E-state index in [1.165, 1.54) is 13.8 Å². The number of benzene rings is 1. The molecule has 0 aliphatic rings. The fourth-order valence-corrected chi connectivity index (χ4v) is 4.35. The molecule has 0 aliphatic carbocycles. The van der Waals surface area contributed by atoms with E-state index in [2.05, 4.69) is 8.37 Å². The van der Waals surface area contributed by atoms with Gasteiger partial charge in [0.25, 0.3) is 20.8 Å². The zero-order valence-electron chi connectivity index (χ0n) is 20.3. The molecule has 0 bridgehead atoms. The minimum Gasteiger partial charge on any atom is -0.716 e. The number of rotatable bonds is 17. The first-order chi connectivity index (χ1) is 16.3. The molecule has 0 spiro atoms. The molecule has 0 saturated carbocycles. The Hall–Kier alpha value is -2.29. The van der Waals surface area contributed by atoms with Crippen LogP contribution in [0.15, 0.2) is 0 Å². The third-order valence-corrected chi connectivity index (χ3v) is 5.83. The van der Waals surface area contributed by atoms with Crippen molar-refractivity contribution in [3.63, 3.8) is 0 Å². The third kappa shape index (κ3) is 11.3. The Kier molecular flexibility index (Phi) is 12.6. The second-order valence-electron chi connectivity index (χ2n) is 7.73. The number of ether oxygens (including phenoxy) is 3. The largest absolute Gasteiger partial charge is 0.716 e. The van der Waals surface area contributed by atoms with Gasteiger partial charge in [-0.1, -0.05) is 38.5 Å². The Balaban J connectivity index is 2.92. The molecule has 0 heterocycles. The fourth-order valence-electron chi connectivity index (χ4n) is 3.57. The van der Waals surface area contributed by atoms with Gasteiger partial charge in [-0.05, 0) is 26.2 Å². The Bertz CT molecular complexity index is 1050. The number of hydrogen-bond acceptors (Lipinski definition) is 12. The number of esters is 1. The first-order valence-electron chi connectivity index (χ1n) is 11.0. The topological polar surface area (TPSA) is 178 Å². The van der Waals surface area contributed by atoms with Gasteiger partial charge in [0.15, 0.2) is 11.5 Å². The highest BCUT2D eigenvalue weighted by Crippen LogP contribution is 2.50. The van der Waals surface area contributed by atoms with E-state index in [9.17, 15) is 30.7 Å². The standard InChI is InChI=1S/C21H34O12S2/c1-15-17(13-11-9-7-5-6-8-10-12-14-31-16(2)22)19(33-35(26,27)28)21(30-4)20(29-3)18(15)32-34(23,24)25/h5-14H2,1-4H3,(H,23,24,25)(H,26,27,28)/p-2. The summed E-state index contributed by atoms with van der Waals surface area (Å²) in [6.45, 7) is 3.18. The van der Waals surface area contributed by atoms with Crippen molar-refractivity contribution in [2.45, 2.75) is 71.6 Å². The molecule has 0 saturated heterocycles. The van der Waals surface area contributed by atoms with E-state index in [-0.39, 0.29) is 29.3 Å². The number of carbonyl (C=O) groups excluding carboxylic acids is 1. The molecule has 1 rings (SSSR count). The highest BCUT2D eigenvalue weighted by atomic mass is 32.3. The summed E-state index contributed by atoms with van der Waals surface area (Å²) in [4.78, 5) is 10.7. The van der Waals surface area contributed by atoms with E-state index in [1.807, 2.05) is 0 Å². The first-order valence-corrected chi connectivity index (χ1v) is 13.7. The summed E-state index contributed by atoms with van der Waals surface area (Å²) in [6.07, 6.45) is 7.08. The zero-order chi connectivity index (χ0) is 26.6. The molecule has 0 amide bonds. The molecule has 0 aromatic heterocycles. The van der Waals surface area contributed by atoms with Crippen molar-refractivity contribution in [3.05, 3.63) is 11.1 Å². The van der Waals surface area contributed by atoms with Gasteiger partial charge >= 0.3 is 5.97 Å². The van der Waals surface area contributed by atoms with Crippen LogP contribution < -0.4 is 17.8 Å². The minimum absolute atomic E-state index is 0.0634. The maximum Gasteiger partial charge on any atom is 0.302 e. The first kappa shape index (κ1) is 30.7. The Morgan fingerprint density at radius 3 is 1.60 bits per heavy atom. The average Bonchev–Trinajstić information content (AvgIpc) is 2.73. The maximum atomic E-state index is 11.3. The molecule has 0 radical (unpaired) electrons. The van der Waals surface area contributed by atoms with Crippen LogP contribution in [0.2, 0.25) is 0 Å². The lowest BCUT2D eigenvalue weighted by atomic mass is 9.98. The molecule has 0 atom stereocenters. The summed E-state index contributed by atoms with van der Waals surface area (Å²) in [7, 11) is -8.17. The monoisotopic (exact) mass is 540 g/mol. The molecule has 35 heavy (non-hydrogen) atoms. The summed E-state index contributed by atoms with van der Waals surface area (Å²) >= 11 is 0. The lowest BCUT2D eigenvalue weighted by Gasteiger charge is -2.24. The van der Waals surface area contributed by atoms with Gasteiger partial charge in [0, 0.05) is 18.1 Å². The van der Waals surface area contributed by atoms with Gasteiger partial charge < -0.3 is 31.7 Å². The van der Waals surface area contributed by atoms with Crippen LogP contribution in [0.5, 0.6) is 23.0 Å². The molecule has 14 heteroatoms. The van der Waals surface area contributed by atoms with Crippen LogP contribution in [0.25, 0.3) is 0 Å². The van der Waals surface area contributed by atoms with Gasteiger partial charge in [-0.25, -0.2) is 16.8 Å². The fraction of sp³-hybridized carbons (Fsp3) is 0.667. The smallest absolute Gasteiger partial charge is 0.302 e. The summed E-state index contributed by atoms with van der Waals surface area (Å²) in [5, 5.41) is 0. The van der Waals surface area contributed by atoms with Crippen molar-refractivity contribution in [3.8, 4) is 23.0 Å². The molecule has 0 fully saturated rings. The second kappa shape index (κ2) is 14.3. The predicted molar refractivity (Wildman–Crippen MR) is 122 cm³/mol. The van der Waals surface area contributed by atoms with Gasteiger partial charge in [0.1, 0.15) is 0 Å². The van der Waals surface area contributed by atoms with E-state index in [1.54, 1.807) is 0 Å². The highest BCUT2D eigenvalue weighted by molar-refractivity contribution is 7.81. The van der Waals surface area contributed by atoms with Gasteiger partial charge in [-0.15, -0.1) is 0 Å². The number of unbranched alkanes of at least 4 members (excludes halogenated alkanes) is 7. The zero-order valence-corrected chi connectivity index (χ0v) is 21.9. The van der Waals surface area contributed by atoms with E-state index in [4.69, 9.17) is 14.2 Å². The minimum atomic E-state index is -5.21. The Labute approximate surface area is 206 Å². The third-order valence-electron chi connectivity index (χ3n) is 5.09. The van der Waals surface area contributed by atoms with Crippen LogP contribution in [-0.4, -0.2) is 52.7 Å². The quantitative estimate of drug-likeness (QED) is 0.122. The molecule has 202 valence electrons. The van der Waals surface area contributed by atoms with Crippen LogP contribution in [0.1, 0.15) is 69.4 Å². The molecule has 0 aliphatic heterocycles. The number of carbonyl (C=O) groups is 1. The van der Waals surface area contributed by atoms with E-state index >= 15 is 0 Å². The Morgan fingerprint density at radius 2 is 1.14 bits per heavy atom. The van der Waals surface area contributed by atoms with Crippen molar-refractivity contribution in [1.82, 2.24) is 0 Å². The van der Waals surface area contributed by atoms with Crippen LogP contribution >= 0.6 is 0 Å². The van der Waals surface area contributed by atoms with Crippen molar-refractivity contribution in [2.75, 3.05) is 20.8 Å². The summed E-state index contributed by atoms with van der Waals surface area (Å²) < 4.78 is 92.0. The van der Waals surface area contributed by atoms with Crippen LogP contribution in [0.4, 0.5) is 0 Å². The van der Waals surface area contributed by atoms with Crippen LogP contribution in [-0.2, 0) is 36.8 Å². The molecule has 1 aromatic carbocycles. The lowest BCUT2D eigenvalue weighted by molar-refractivity contribution is -0.141. The van der Waals surface area contributed by atoms with Crippen LogP contribution in [0.3, 0.4) is 0 Å². The van der Waals surface area contributed by atoms with E-state index in [0.717, 1.165) is 59.2 Å². The normalized spacial score (nSPS) is 11.7. The molecular formula is C21H32O12S2-2. The average molecular weight is 541 g/mol. The second-order valence-corrected chi connectivity index (χ2v) is 9.70. The van der Waals surface area contributed by atoms with Gasteiger partial charge in [0.2, 0.25) is 11.5 Å². The Morgan fingerprint density at radius 1 is 0.714 bits per heavy atom. The highest BCUT2D eigenvalue weighted by Gasteiger charge is 2.28. The molecule has 1 aromatic rings. The van der Waals surface area contributed by atoms with E-state index < -0.39 is 38.0 Å². The van der Waals surface area contributed by atoms with Crippen molar-refractivity contribution < 1.29 is 53.3 Å². The molecule has 0 N–H and O–H groups in total. The molecule has 12 nitrogen and oxygen atoms in total. The van der Waals surface area contributed by atoms with Crippen LogP contribution in [0, 0.1) is 6.92 Å². The molecule has 0 unspecified atom stereocenters. The van der Waals surface area contributed by atoms with Crippen molar-refractivity contribution in [2.24, 2.45) is 0 Å². The van der Waals surface area contributed by atoms with Gasteiger partial charge in [0.05, 0.1) is 20.8 Å².